The van der Waals surface area contributed by atoms with Crippen LogP contribution < -0.4 is 10.1 Å². The summed E-state index contributed by atoms with van der Waals surface area (Å²) in [6, 6.07) is 4.88. The highest BCUT2D eigenvalue weighted by Crippen LogP contribution is 2.30. The van der Waals surface area contributed by atoms with E-state index in [1.54, 1.807) is 12.1 Å². The number of hydrogen-bond acceptors (Lipinski definition) is 5. The number of rotatable bonds is 3. The molecule has 0 aliphatic carbocycles. The molecular formula is C11H14BrNO4S. The normalized spacial score (nSPS) is 25.9. The molecule has 7 heteroatoms. The van der Waals surface area contributed by atoms with Crippen molar-refractivity contribution in [2.45, 2.75) is 12.1 Å². The van der Waals surface area contributed by atoms with Gasteiger partial charge in [-0.15, -0.1) is 0 Å². The van der Waals surface area contributed by atoms with Gasteiger partial charge in [-0.2, -0.15) is 0 Å². The quantitative estimate of drug-likeness (QED) is 0.862. The topological polar surface area (TPSA) is 75.6 Å². The van der Waals surface area contributed by atoms with E-state index in [9.17, 15) is 13.5 Å². The molecule has 0 bridgehead atoms. The zero-order valence-corrected chi connectivity index (χ0v) is 12.2. The SMILES string of the molecule is COc1ccc(Br)cc1NC1CS(=O)(=O)CC1O. The van der Waals surface area contributed by atoms with Gasteiger partial charge >= 0.3 is 0 Å². The van der Waals surface area contributed by atoms with Crippen molar-refractivity contribution in [3.05, 3.63) is 22.7 Å². The van der Waals surface area contributed by atoms with Crippen LogP contribution in [0.15, 0.2) is 22.7 Å². The average molecular weight is 336 g/mol. The lowest BCUT2D eigenvalue weighted by Crippen LogP contribution is -2.32. The summed E-state index contributed by atoms with van der Waals surface area (Å²) in [5.41, 5.74) is 0.660. The number of methoxy groups -OCH3 is 1. The van der Waals surface area contributed by atoms with Crippen LogP contribution in [0.1, 0.15) is 0 Å². The summed E-state index contributed by atoms with van der Waals surface area (Å²) >= 11 is 3.34. The Morgan fingerprint density at radius 1 is 1.44 bits per heavy atom. The molecule has 1 aromatic rings. The summed E-state index contributed by atoms with van der Waals surface area (Å²) in [6.45, 7) is 0. The van der Waals surface area contributed by atoms with E-state index >= 15 is 0 Å². The number of sulfone groups is 1. The number of nitrogens with one attached hydrogen (secondary N) is 1. The van der Waals surface area contributed by atoms with Crippen molar-refractivity contribution in [3.8, 4) is 5.75 Å². The molecule has 18 heavy (non-hydrogen) atoms. The summed E-state index contributed by atoms with van der Waals surface area (Å²) in [7, 11) is -1.62. The van der Waals surface area contributed by atoms with Gasteiger partial charge in [-0.3, -0.25) is 0 Å². The largest absolute Gasteiger partial charge is 0.495 e. The maximum Gasteiger partial charge on any atom is 0.155 e. The summed E-state index contributed by atoms with van der Waals surface area (Å²) in [4.78, 5) is 0. The minimum Gasteiger partial charge on any atom is -0.495 e. The third-order valence-corrected chi connectivity index (χ3v) is 5.03. The Balaban J connectivity index is 2.22. The number of aliphatic hydroxyl groups excluding tert-OH is 1. The number of anilines is 1. The average Bonchev–Trinajstić information content (AvgIpc) is 2.52. The van der Waals surface area contributed by atoms with Crippen molar-refractivity contribution in [2.75, 3.05) is 23.9 Å². The summed E-state index contributed by atoms with van der Waals surface area (Å²) in [5, 5.41) is 12.7. The van der Waals surface area contributed by atoms with Gasteiger partial charge in [0, 0.05) is 4.47 Å². The lowest BCUT2D eigenvalue weighted by molar-refractivity contribution is 0.190. The fourth-order valence-electron chi connectivity index (χ4n) is 1.96. The molecule has 0 saturated carbocycles. The second-order valence-corrected chi connectivity index (χ2v) is 7.31. The van der Waals surface area contributed by atoms with Crippen molar-refractivity contribution in [2.24, 2.45) is 0 Å². The van der Waals surface area contributed by atoms with Crippen molar-refractivity contribution in [1.29, 1.82) is 0 Å². The molecule has 1 saturated heterocycles. The Morgan fingerprint density at radius 3 is 2.72 bits per heavy atom. The van der Waals surface area contributed by atoms with E-state index in [0.717, 1.165) is 4.47 Å². The number of hydrogen-bond donors (Lipinski definition) is 2. The molecule has 0 aromatic heterocycles. The number of halogens is 1. The van der Waals surface area contributed by atoms with Crippen LogP contribution in [-0.4, -0.2) is 44.3 Å². The van der Waals surface area contributed by atoms with Gasteiger partial charge in [0.2, 0.25) is 0 Å². The van der Waals surface area contributed by atoms with E-state index in [1.807, 2.05) is 6.07 Å². The van der Waals surface area contributed by atoms with Crippen LogP contribution in [0, 0.1) is 0 Å². The minimum atomic E-state index is -3.16. The molecular weight excluding hydrogens is 322 g/mol. The molecule has 1 aliphatic rings. The Labute approximate surface area is 114 Å². The Hall–Kier alpha value is -0.790. The first-order valence-corrected chi connectivity index (χ1v) is 8.01. The van der Waals surface area contributed by atoms with Crippen LogP contribution >= 0.6 is 15.9 Å². The molecule has 100 valence electrons. The van der Waals surface area contributed by atoms with Crippen LogP contribution in [0.2, 0.25) is 0 Å². The third-order valence-electron chi connectivity index (χ3n) is 2.83. The van der Waals surface area contributed by atoms with Crippen molar-refractivity contribution in [1.82, 2.24) is 0 Å². The van der Waals surface area contributed by atoms with Crippen LogP contribution in [0.5, 0.6) is 5.75 Å². The van der Waals surface area contributed by atoms with E-state index in [-0.39, 0.29) is 11.5 Å². The first kappa shape index (κ1) is 13.6. The van der Waals surface area contributed by atoms with Gasteiger partial charge < -0.3 is 15.2 Å². The molecule has 2 rings (SSSR count). The number of ether oxygens (including phenoxy) is 1. The lowest BCUT2D eigenvalue weighted by Gasteiger charge is -2.18. The Kier molecular flexibility index (Phi) is 3.84. The number of aliphatic hydroxyl groups is 1. The highest BCUT2D eigenvalue weighted by molar-refractivity contribution is 9.10. The van der Waals surface area contributed by atoms with Gasteiger partial charge in [0.05, 0.1) is 36.4 Å². The third kappa shape index (κ3) is 2.96. The maximum atomic E-state index is 11.4. The molecule has 0 radical (unpaired) electrons. The smallest absolute Gasteiger partial charge is 0.155 e. The zero-order chi connectivity index (χ0) is 13.3. The molecule has 0 amide bonds. The van der Waals surface area contributed by atoms with Crippen LogP contribution in [0.3, 0.4) is 0 Å². The van der Waals surface area contributed by atoms with Crippen molar-refractivity contribution < 1.29 is 18.3 Å². The van der Waals surface area contributed by atoms with Crippen molar-refractivity contribution >= 4 is 31.5 Å². The molecule has 5 nitrogen and oxygen atoms in total. The second kappa shape index (κ2) is 5.07. The summed E-state index contributed by atoms with van der Waals surface area (Å²) in [6.07, 6.45) is -0.890. The Bertz CT molecular complexity index is 546. The van der Waals surface area contributed by atoms with Gasteiger partial charge in [-0.1, -0.05) is 15.9 Å². The first-order chi connectivity index (χ1) is 8.41. The predicted molar refractivity (Wildman–Crippen MR) is 72.8 cm³/mol. The number of benzene rings is 1. The molecule has 2 unspecified atom stereocenters. The molecule has 2 N–H and O–H groups in total. The van der Waals surface area contributed by atoms with E-state index in [0.29, 0.717) is 11.4 Å². The lowest BCUT2D eigenvalue weighted by atomic mass is 10.2. The standard InChI is InChI=1S/C11H14BrNO4S/c1-17-11-3-2-7(12)4-8(11)13-9-5-18(15,16)6-10(9)14/h2-4,9-10,13-14H,5-6H2,1H3. The van der Waals surface area contributed by atoms with Crippen LogP contribution in [0.4, 0.5) is 5.69 Å². The molecule has 2 atom stereocenters. The minimum absolute atomic E-state index is 0.0656. The highest BCUT2D eigenvalue weighted by atomic mass is 79.9. The monoisotopic (exact) mass is 335 g/mol. The van der Waals surface area contributed by atoms with Crippen LogP contribution in [0.25, 0.3) is 0 Å². The second-order valence-electron chi connectivity index (χ2n) is 4.24. The van der Waals surface area contributed by atoms with Gasteiger partial charge in [-0.05, 0) is 18.2 Å². The van der Waals surface area contributed by atoms with E-state index in [2.05, 4.69) is 21.2 Å². The summed E-state index contributed by atoms with van der Waals surface area (Å²) in [5.74, 6) is 0.347. The van der Waals surface area contributed by atoms with E-state index in [4.69, 9.17) is 4.74 Å². The molecule has 1 aliphatic heterocycles. The first-order valence-electron chi connectivity index (χ1n) is 5.40. The Morgan fingerprint density at radius 2 is 2.17 bits per heavy atom. The molecule has 1 heterocycles. The van der Waals surface area contributed by atoms with Crippen LogP contribution in [-0.2, 0) is 9.84 Å². The van der Waals surface area contributed by atoms with Gasteiger partial charge in [0.25, 0.3) is 0 Å². The fourth-order valence-corrected chi connectivity index (χ4v) is 4.06. The fraction of sp³-hybridized carbons (Fsp3) is 0.455. The predicted octanol–water partition coefficient (Wildman–Crippen LogP) is 1.03. The molecule has 1 fully saturated rings. The molecule has 0 spiro atoms. The van der Waals surface area contributed by atoms with Gasteiger partial charge in [0.15, 0.2) is 9.84 Å². The van der Waals surface area contributed by atoms with Crippen molar-refractivity contribution in [3.63, 3.8) is 0 Å². The zero-order valence-electron chi connectivity index (χ0n) is 9.76. The van der Waals surface area contributed by atoms with E-state index < -0.39 is 22.0 Å². The molecule has 1 aromatic carbocycles. The van der Waals surface area contributed by atoms with E-state index in [1.165, 1.54) is 7.11 Å². The maximum absolute atomic E-state index is 11.4. The highest BCUT2D eigenvalue weighted by Gasteiger charge is 2.36. The summed E-state index contributed by atoms with van der Waals surface area (Å²) < 4.78 is 28.9. The van der Waals surface area contributed by atoms with Gasteiger partial charge in [-0.25, -0.2) is 8.42 Å². The van der Waals surface area contributed by atoms with Gasteiger partial charge in [0.1, 0.15) is 5.75 Å².